The van der Waals surface area contributed by atoms with Gasteiger partial charge in [-0.2, -0.15) is 0 Å². The predicted octanol–water partition coefficient (Wildman–Crippen LogP) is 4.29. The lowest BCUT2D eigenvalue weighted by Gasteiger charge is -2.15. The van der Waals surface area contributed by atoms with Crippen molar-refractivity contribution in [3.05, 3.63) is 65.5 Å². The highest BCUT2D eigenvalue weighted by atomic mass is 32.2. The van der Waals surface area contributed by atoms with Crippen molar-refractivity contribution < 1.29 is 9.59 Å². The van der Waals surface area contributed by atoms with Crippen molar-refractivity contribution in [3.8, 4) is 5.69 Å². The quantitative estimate of drug-likeness (QED) is 0.526. The highest BCUT2D eigenvalue weighted by Gasteiger charge is 2.20. The van der Waals surface area contributed by atoms with Crippen molar-refractivity contribution in [3.63, 3.8) is 0 Å². The maximum Gasteiger partial charge on any atom is 0.253 e. The summed E-state index contributed by atoms with van der Waals surface area (Å²) in [7, 11) is 0. The van der Waals surface area contributed by atoms with Gasteiger partial charge in [0, 0.05) is 11.7 Å². The average Bonchev–Trinajstić information content (AvgIpc) is 3.43. The molecule has 0 spiro atoms. The van der Waals surface area contributed by atoms with Gasteiger partial charge >= 0.3 is 0 Å². The number of anilines is 1. The van der Waals surface area contributed by atoms with Crippen LogP contribution in [0, 0.1) is 13.8 Å². The van der Waals surface area contributed by atoms with E-state index in [1.807, 2.05) is 48.7 Å². The first-order chi connectivity index (χ1) is 15.5. The van der Waals surface area contributed by atoms with Gasteiger partial charge in [-0.1, -0.05) is 54.4 Å². The fourth-order valence-electron chi connectivity index (χ4n) is 3.87. The number of aryl methyl sites for hydroxylation is 2. The van der Waals surface area contributed by atoms with Gasteiger partial charge in [0.15, 0.2) is 5.16 Å². The summed E-state index contributed by atoms with van der Waals surface area (Å²) in [5, 5.41) is 15.0. The van der Waals surface area contributed by atoms with Crippen molar-refractivity contribution >= 4 is 29.3 Å². The van der Waals surface area contributed by atoms with E-state index >= 15 is 0 Å². The van der Waals surface area contributed by atoms with Gasteiger partial charge in [-0.25, -0.2) is 0 Å². The van der Waals surface area contributed by atoms with Crippen LogP contribution in [0.3, 0.4) is 0 Å². The molecule has 0 aliphatic heterocycles. The molecular formula is C24H27N5O2S. The summed E-state index contributed by atoms with van der Waals surface area (Å²) in [6.45, 7) is 3.92. The third-order valence-electron chi connectivity index (χ3n) is 5.56. The molecule has 8 heteroatoms. The summed E-state index contributed by atoms with van der Waals surface area (Å²) in [4.78, 5) is 25.4. The Bertz CT molecular complexity index is 1100. The fourth-order valence-corrected chi connectivity index (χ4v) is 4.66. The molecule has 32 heavy (non-hydrogen) atoms. The summed E-state index contributed by atoms with van der Waals surface area (Å²) in [5.41, 5.74) is 3.12. The largest absolute Gasteiger partial charge is 0.349 e. The summed E-state index contributed by atoms with van der Waals surface area (Å²) in [5.74, 6) is 0.566. The van der Waals surface area contributed by atoms with Crippen LogP contribution in [-0.4, -0.2) is 38.4 Å². The number of para-hydroxylation sites is 1. The molecule has 0 saturated heterocycles. The number of thioether (sulfide) groups is 1. The molecule has 0 radical (unpaired) electrons. The second-order valence-corrected chi connectivity index (χ2v) is 8.98. The number of carbonyl (C=O) groups excluding carboxylic acids is 2. The van der Waals surface area contributed by atoms with Crippen LogP contribution < -0.4 is 10.6 Å². The predicted molar refractivity (Wildman–Crippen MR) is 126 cm³/mol. The number of amides is 2. The smallest absolute Gasteiger partial charge is 0.253 e. The van der Waals surface area contributed by atoms with Gasteiger partial charge < -0.3 is 10.6 Å². The second kappa shape index (κ2) is 9.99. The molecule has 1 heterocycles. The normalized spacial score (nSPS) is 13.8. The van der Waals surface area contributed by atoms with E-state index in [0.717, 1.165) is 37.2 Å². The van der Waals surface area contributed by atoms with Crippen LogP contribution >= 0.6 is 11.8 Å². The van der Waals surface area contributed by atoms with E-state index < -0.39 is 0 Å². The molecule has 0 atom stereocenters. The van der Waals surface area contributed by atoms with Crippen LogP contribution in [0.5, 0.6) is 0 Å². The second-order valence-electron chi connectivity index (χ2n) is 8.04. The third-order valence-corrected chi connectivity index (χ3v) is 6.48. The third kappa shape index (κ3) is 5.19. The van der Waals surface area contributed by atoms with Gasteiger partial charge in [0.2, 0.25) is 5.91 Å². The molecular weight excluding hydrogens is 422 g/mol. The Labute approximate surface area is 192 Å². The lowest BCUT2D eigenvalue weighted by Crippen LogP contribution is -2.33. The van der Waals surface area contributed by atoms with Crippen LogP contribution in [0.1, 0.15) is 47.4 Å². The van der Waals surface area contributed by atoms with E-state index in [4.69, 9.17) is 0 Å². The van der Waals surface area contributed by atoms with E-state index in [1.54, 1.807) is 18.2 Å². The Morgan fingerprint density at radius 1 is 1.03 bits per heavy atom. The van der Waals surface area contributed by atoms with Gasteiger partial charge in [-0.15, -0.1) is 10.2 Å². The Hall–Kier alpha value is -3.13. The molecule has 1 saturated carbocycles. The van der Waals surface area contributed by atoms with Crippen molar-refractivity contribution in [1.29, 1.82) is 0 Å². The van der Waals surface area contributed by atoms with Crippen molar-refractivity contribution in [2.24, 2.45) is 0 Å². The zero-order valence-electron chi connectivity index (χ0n) is 18.3. The van der Waals surface area contributed by atoms with Crippen LogP contribution in [-0.2, 0) is 4.79 Å². The molecule has 1 aliphatic carbocycles. The summed E-state index contributed by atoms with van der Waals surface area (Å²) >= 11 is 1.31. The zero-order valence-corrected chi connectivity index (χ0v) is 19.1. The first-order valence-corrected chi connectivity index (χ1v) is 11.8. The monoisotopic (exact) mass is 449 g/mol. The lowest BCUT2D eigenvalue weighted by molar-refractivity contribution is -0.113. The molecule has 1 fully saturated rings. The minimum Gasteiger partial charge on any atom is -0.349 e. The topological polar surface area (TPSA) is 88.9 Å². The maximum atomic E-state index is 12.7. The van der Waals surface area contributed by atoms with Gasteiger partial charge in [0.05, 0.1) is 17.0 Å². The zero-order chi connectivity index (χ0) is 22.5. The van der Waals surface area contributed by atoms with Gasteiger partial charge in [0.25, 0.3) is 5.91 Å². The minimum atomic E-state index is -0.202. The van der Waals surface area contributed by atoms with Crippen LogP contribution in [0.25, 0.3) is 5.69 Å². The van der Waals surface area contributed by atoms with Crippen LogP contribution in [0.2, 0.25) is 0 Å². The molecule has 7 nitrogen and oxygen atoms in total. The molecule has 1 aromatic heterocycles. The number of hydrogen-bond acceptors (Lipinski definition) is 5. The molecule has 2 amide bonds. The minimum absolute atomic E-state index is 0.143. The van der Waals surface area contributed by atoms with E-state index in [0.29, 0.717) is 16.4 Å². The number of benzene rings is 2. The SMILES string of the molecule is Cc1ccc(-n2c(C)nnc2SCC(=O)Nc2ccccc2C(=O)NC2CCCC2)cc1. The first-order valence-electron chi connectivity index (χ1n) is 10.8. The molecule has 0 unspecified atom stereocenters. The molecule has 166 valence electrons. The van der Waals surface area contributed by atoms with E-state index in [9.17, 15) is 9.59 Å². The van der Waals surface area contributed by atoms with Crippen LogP contribution in [0.15, 0.2) is 53.7 Å². The van der Waals surface area contributed by atoms with Crippen molar-refractivity contribution in [1.82, 2.24) is 20.1 Å². The van der Waals surface area contributed by atoms with Crippen molar-refractivity contribution in [2.75, 3.05) is 11.1 Å². The number of aromatic nitrogens is 3. The number of nitrogens with one attached hydrogen (secondary N) is 2. The molecule has 2 N–H and O–H groups in total. The first kappa shape index (κ1) is 22.1. The standard InChI is InChI=1S/C24H27N5O2S/c1-16-11-13-19(14-12-16)29-17(2)27-28-24(29)32-15-22(30)26-21-10-6-5-9-20(21)23(31)25-18-7-3-4-8-18/h5-6,9-14,18H,3-4,7-8,15H2,1-2H3,(H,25,31)(H,26,30). The van der Waals surface area contributed by atoms with E-state index in [-0.39, 0.29) is 23.6 Å². The van der Waals surface area contributed by atoms with Crippen LogP contribution in [0.4, 0.5) is 5.69 Å². The Morgan fingerprint density at radius 2 is 1.75 bits per heavy atom. The summed E-state index contributed by atoms with van der Waals surface area (Å²) in [6, 6.07) is 15.4. The van der Waals surface area contributed by atoms with Crippen molar-refractivity contribution in [2.45, 2.75) is 50.7 Å². The van der Waals surface area contributed by atoms with Gasteiger partial charge in [0.1, 0.15) is 5.82 Å². The molecule has 3 aromatic rings. The molecule has 1 aliphatic rings. The number of hydrogen-bond donors (Lipinski definition) is 2. The highest BCUT2D eigenvalue weighted by molar-refractivity contribution is 7.99. The number of carbonyl (C=O) groups is 2. The summed E-state index contributed by atoms with van der Waals surface area (Å²) < 4.78 is 1.93. The highest BCUT2D eigenvalue weighted by Crippen LogP contribution is 2.24. The van der Waals surface area contributed by atoms with E-state index in [1.165, 1.54) is 17.3 Å². The summed E-state index contributed by atoms with van der Waals surface area (Å²) in [6.07, 6.45) is 4.32. The molecule has 2 aromatic carbocycles. The fraction of sp³-hybridized carbons (Fsp3) is 0.333. The Balaban J connectivity index is 1.41. The maximum absolute atomic E-state index is 12.7. The molecule has 4 rings (SSSR count). The average molecular weight is 450 g/mol. The number of rotatable bonds is 7. The Kier molecular flexibility index (Phi) is 6.90. The molecule has 0 bridgehead atoms. The number of nitrogens with zero attached hydrogens (tertiary/aromatic N) is 3. The van der Waals surface area contributed by atoms with Gasteiger partial charge in [-0.05, 0) is 51.0 Å². The lowest BCUT2D eigenvalue weighted by atomic mass is 10.1. The van der Waals surface area contributed by atoms with E-state index in [2.05, 4.69) is 20.8 Å². The Morgan fingerprint density at radius 3 is 2.50 bits per heavy atom. The van der Waals surface area contributed by atoms with Gasteiger partial charge in [-0.3, -0.25) is 14.2 Å².